The van der Waals surface area contributed by atoms with Crippen LogP contribution in [0.5, 0.6) is 0 Å². The molecular formula is C15H19Cl2NO. The maximum Gasteiger partial charge on any atom is 0.0795 e. The fourth-order valence-corrected chi connectivity index (χ4v) is 2.01. The summed E-state index contributed by atoms with van der Waals surface area (Å²) in [6.07, 6.45) is 9.09. The van der Waals surface area contributed by atoms with Crippen LogP contribution in [-0.2, 0) is 0 Å². The van der Waals surface area contributed by atoms with Crippen molar-refractivity contribution < 1.29 is 5.21 Å². The molecule has 2 nitrogen and oxygen atoms in total. The number of benzene rings is 1. The minimum absolute atomic E-state index is 0.522. The first-order valence-corrected chi connectivity index (χ1v) is 7.27. The number of allylic oxidation sites excluding steroid dienone is 1. The van der Waals surface area contributed by atoms with Gasteiger partial charge in [-0.1, -0.05) is 66.7 Å². The van der Waals surface area contributed by atoms with Gasteiger partial charge in [-0.15, -0.1) is 0 Å². The molecule has 0 aromatic heterocycles. The van der Waals surface area contributed by atoms with E-state index in [1.807, 2.05) is 18.2 Å². The fourth-order valence-electron chi connectivity index (χ4n) is 1.71. The summed E-state index contributed by atoms with van der Waals surface area (Å²) in [6, 6.07) is 5.41. The van der Waals surface area contributed by atoms with Crippen molar-refractivity contribution >= 4 is 35.0 Å². The SMILES string of the molecule is CCCCCCC(/C=C/c1ccc(Cl)c(Cl)c1)=N/O. The lowest BCUT2D eigenvalue weighted by Gasteiger charge is -2.00. The molecule has 0 heterocycles. The first-order chi connectivity index (χ1) is 9.17. The Balaban J connectivity index is 2.55. The van der Waals surface area contributed by atoms with Gasteiger partial charge in [0, 0.05) is 0 Å². The molecule has 0 aliphatic heterocycles. The molecule has 0 unspecified atom stereocenters. The molecule has 1 N–H and O–H groups in total. The standard InChI is InChI=1S/C15H19Cl2NO/c1-2-3-4-5-6-13(18-19)9-7-12-8-10-14(16)15(17)11-12/h7-11,19H,2-6H2,1H3/b9-7+,18-13-. The molecule has 0 atom stereocenters. The smallest absolute Gasteiger partial charge is 0.0795 e. The van der Waals surface area contributed by atoms with E-state index in [1.54, 1.807) is 12.1 Å². The molecule has 0 aliphatic rings. The van der Waals surface area contributed by atoms with E-state index in [0.29, 0.717) is 15.8 Å². The Labute approximate surface area is 124 Å². The maximum absolute atomic E-state index is 8.95. The molecule has 1 aromatic carbocycles. The molecule has 104 valence electrons. The Morgan fingerprint density at radius 3 is 2.63 bits per heavy atom. The second-order valence-corrected chi connectivity index (χ2v) is 5.22. The summed E-state index contributed by atoms with van der Waals surface area (Å²) in [5.74, 6) is 0. The number of halogens is 2. The van der Waals surface area contributed by atoms with E-state index in [1.165, 1.54) is 12.8 Å². The highest BCUT2D eigenvalue weighted by Gasteiger charge is 1.99. The molecule has 1 aromatic rings. The van der Waals surface area contributed by atoms with Crippen molar-refractivity contribution in [3.8, 4) is 0 Å². The average molecular weight is 300 g/mol. The Bertz CT molecular complexity index is 455. The molecular weight excluding hydrogens is 281 g/mol. The molecule has 19 heavy (non-hydrogen) atoms. The summed E-state index contributed by atoms with van der Waals surface area (Å²) in [7, 11) is 0. The number of nitrogens with zero attached hydrogens (tertiary/aromatic N) is 1. The van der Waals surface area contributed by atoms with E-state index in [0.717, 1.165) is 24.8 Å². The number of oxime groups is 1. The second-order valence-electron chi connectivity index (χ2n) is 4.41. The third kappa shape index (κ3) is 6.13. The normalized spacial score (nSPS) is 12.3. The first kappa shape index (κ1) is 16.1. The van der Waals surface area contributed by atoms with Crippen LogP contribution in [0.2, 0.25) is 10.0 Å². The summed E-state index contributed by atoms with van der Waals surface area (Å²) in [4.78, 5) is 0. The average Bonchev–Trinajstić information content (AvgIpc) is 2.42. The Morgan fingerprint density at radius 2 is 2.00 bits per heavy atom. The topological polar surface area (TPSA) is 32.6 Å². The lowest BCUT2D eigenvalue weighted by Crippen LogP contribution is -1.93. The van der Waals surface area contributed by atoms with E-state index in [2.05, 4.69) is 12.1 Å². The van der Waals surface area contributed by atoms with Crippen molar-refractivity contribution in [2.24, 2.45) is 5.16 Å². The monoisotopic (exact) mass is 299 g/mol. The van der Waals surface area contributed by atoms with Crippen LogP contribution < -0.4 is 0 Å². The van der Waals surface area contributed by atoms with Crippen LogP contribution in [-0.4, -0.2) is 10.9 Å². The van der Waals surface area contributed by atoms with E-state index in [4.69, 9.17) is 28.4 Å². The predicted molar refractivity (Wildman–Crippen MR) is 83.5 cm³/mol. The van der Waals surface area contributed by atoms with Crippen LogP contribution in [0, 0.1) is 0 Å². The van der Waals surface area contributed by atoms with Crippen molar-refractivity contribution in [3.05, 3.63) is 39.9 Å². The number of hydrogen-bond acceptors (Lipinski definition) is 2. The zero-order valence-electron chi connectivity index (χ0n) is 11.1. The molecule has 0 fully saturated rings. The van der Waals surface area contributed by atoms with Gasteiger partial charge in [-0.05, 0) is 36.6 Å². The van der Waals surface area contributed by atoms with Crippen LogP contribution in [0.25, 0.3) is 6.08 Å². The summed E-state index contributed by atoms with van der Waals surface area (Å²) in [6.45, 7) is 2.17. The van der Waals surface area contributed by atoms with Crippen LogP contribution in [0.3, 0.4) is 0 Å². The van der Waals surface area contributed by atoms with E-state index >= 15 is 0 Å². The molecule has 0 saturated heterocycles. The molecule has 4 heteroatoms. The molecule has 1 rings (SSSR count). The molecule has 0 saturated carbocycles. The van der Waals surface area contributed by atoms with Gasteiger partial charge in [-0.2, -0.15) is 0 Å². The van der Waals surface area contributed by atoms with Crippen LogP contribution >= 0.6 is 23.2 Å². The van der Waals surface area contributed by atoms with Crippen molar-refractivity contribution in [1.29, 1.82) is 0 Å². The fraction of sp³-hybridized carbons (Fsp3) is 0.400. The summed E-state index contributed by atoms with van der Waals surface area (Å²) < 4.78 is 0. The third-order valence-electron chi connectivity index (χ3n) is 2.83. The largest absolute Gasteiger partial charge is 0.411 e. The van der Waals surface area contributed by atoms with Crippen molar-refractivity contribution in [2.75, 3.05) is 0 Å². The lowest BCUT2D eigenvalue weighted by molar-refractivity contribution is 0.318. The van der Waals surface area contributed by atoms with E-state index in [-0.39, 0.29) is 0 Å². The van der Waals surface area contributed by atoms with Gasteiger partial charge in [-0.3, -0.25) is 0 Å². The third-order valence-corrected chi connectivity index (χ3v) is 3.57. The van der Waals surface area contributed by atoms with Gasteiger partial charge in [0.25, 0.3) is 0 Å². The highest BCUT2D eigenvalue weighted by molar-refractivity contribution is 6.42. The van der Waals surface area contributed by atoms with Crippen LogP contribution in [0.1, 0.15) is 44.6 Å². The Morgan fingerprint density at radius 1 is 1.21 bits per heavy atom. The Kier molecular flexibility index (Phi) is 7.61. The first-order valence-electron chi connectivity index (χ1n) is 6.51. The van der Waals surface area contributed by atoms with Crippen molar-refractivity contribution in [2.45, 2.75) is 39.0 Å². The van der Waals surface area contributed by atoms with E-state index in [9.17, 15) is 0 Å². The lowest BCUT2D eigenvalue weighted by atomic mass is 10.1. The number of unbranched alkanes of at least 4 members (excludes halogenated alkanes) is 3. The van der Waals surface area contributed by atoms with Gasteiger partial charge in [0.2, 0.25) is 0 Å². The summed E-state index contributed by atoms with van der Waals surface area (Å²) in [5, 5.41) is 13.3. The van der Waals surface area contributed by atoms with Gasteiger partial charge in [-0.25, -0.2) is 0 Å². The van der Waals surface area contributed by atoms with Gasteiger partial charge < -0.3 is 5.21 Å². The summed E-state index contributed by atoms with van der Waals surface area (Å²) >= 11 is 11.8. The number of hydrogen-bond donors (Lipinski definition) is 1. The van der Waals surface area contributed by atoms with Crippen molar-refractivity contribution in [3.63, 3.8) is 0 Å². The molecule has 0 aliphatic carbocycles. The van der Waals surface area contributed by atoms with Gasteiger partial charge >= 0.3 is 0 Å². The predicted octanol–water partition coefficient (Wildman–Crippen LogP) is 5.81. The molecule has 0 spiro atoms. The highest BCUT2D eigenvalue weighted by atomic mass is 35.5. The zero-order valence-corrected chi connectivity index (χ0v) is 12.6. The second kappa shape index (κ2) is 9.00. The summed E-state index contributed by atoms with van der Waals surface area (Å²) in [5.41, 5.74) is 1.62. The highest BCUT2D eigenvalue weighted by Crippen LogP contribution is 2.23. The van der Waals surface area contributed by atoms with Gasteiger partial charge in [0.05, 0.1) is 15.8 Å². The zero-order chi connectivity index (χ0) is 14.1. The molecule has 0 radical (unpaired) electrons. The number of rotatable bonds is 7. The van der Waals surface area contributed by atoms with Gasteiger partial charge in [0.1, 0.15) is 0 Å². The van der Waals surface area contributed by atoms with Crippen LogP contribution in [0.15, 0.2) is 29.4 Å². The molecule has 0 amide bonds. The minimum atomic E-state index is 0.522. The van der Waals surface area contributed by atoms with Crippen LogP contribution in [0.4, 0.5) is 0 Å². The van der Waals surface area contributed by atoms with Crippen molar-refractivity contribution in [1.82, 2.24) is 0 Å². The minimum Gasteiger partial charge on any atom is -0.411 e. The van der Waals surface area contributed by atoms with Gasteiger partial charge in [0.15, 0.2) is 0 Å². The maximum atomic E-state index is 8.95. The van der Waals surface area contributed by atoms with E-state index < -0.39 is 0 Å². The quantitative estimate of drug-likeness (QED) is 0.293. The molecule has 0 bridgehead atoms. The Hall–Kier alpha value is -0.990.